The highest BCUT2D eigenvalue weighted by Crippen LogP contribution is 2.48. The first-order chi connectivity index (χ1) is 39.9. The summed E-state index contributed by atoms with van der Waals surface area (Å²) in [5, 5.41) is 4.97. The first-order valence-electron chi connectivity index (χ1n) is 28.4. The molecule has 0 saturated heterocycles. The molecule has 0 radical (unpaired) electrons. The molecule has 1 heterocycles. The molecule has 0 fully saturated rings. The molecule has 0 N–H and O–H groups in total. The van der Waals surface area contributed by atoms with Gasteiger partial charge in [0.1, 0.15) is 0 Å². The Kier molecular flexibility index (Phi) is 12.6. The highest BCUT2D eigenvalue weighted by Gasteiger charge is 2.25. The lowest BCUT2D eigenvalue weighted by Gasteiger charge is -2.29. The van der Waals surface area contributed by atoms with Crippen molar-refractivity contribution in [2.75, 3.05) is 9.80 Å². The number of hydrogen-bond donors (Lipinski definition) is 0. The molecular formula is C78H61N3. The van der Waals surface area contributed by atoms with E-state index in [4.69, 9.17) is 0 Å². The van der Waals surface area contributed by atoms with Crippen molar-refractivity contribution in [3.05, 3.63) is 300 Å². The third-order valence-electron chi connectivity index (χ3n) is 16.8. The lowest BCUT2D eigenvalue weighted by Crippen LogP contribution is -2.11. The van der Waals surface area contributed by atoms with Crippen LogP contribution in [0.4, 0.5) is 34.1 Å². The zero-order valence-electron chi connectivity index (χ0n) is 46.2. The Morgan fingerprint density at radius 1 is 0.333 bits per heavy atom. The molecule has 1 aliphatic rings. The van der Waals surface area contributed by atoms with Gasteiger partial charge in [0.25, 0.3) is 0 Å². The minimum absolute atomic E-state index is 0.998. The van der Waals surface area contributed by atoms with Gasteiger partial charge in [-0.05, 0) is 227 Å². The van der Waals surface area contributed by atoms with Crippen molar-refractivity contribution in [2.45, 2.75) is 40.5 Å². The second kappa shape index (κ2) is 20.7. The molecule has 12 aromatic carbocycles. The minimum Gasteiger partial charge on any atom is -0.310 e. The maximum atomic E-state index is 2.49. The molecule has 13 aromatic rings. The first kappa shape index (κ1) is 49.3. The largest absolute Gasteiger partial charge is 0.310 e. The van der Waals surface area contributed by atoms with E-state index in [2.05, 4.69) is 315 Å². The van der Waals surface area contributed by atoms with E-state index >= 15 is 0 Å². The van der Waals surface area contributed by atoms with Gasteiger partial charge in [-0.1, -0.05) is 164 Å². The molecule has 3 heteroatoms. The summed E-state index contributed by atoms with van der Waals surface area (Å²) >= 11 is 0. The van der Waals surface area contributed by atoms with Crippen molar-refractivity contribution < 1.29 is 0 Å². The second-order valence-electron chi connectivity index (χ2n) is 21.8. The summed E-state index contributed by atoms with van der Waals surface area (Å²) in [7, 11) is 0. The van der Waals surface area contributed by atoms with Crippen LogP contribution in [0.2, 0.25) is 0 Å². The average Bonchev–Trinajstić information content (AvgIpc) is 4.14. The molecule has 1 aliphatic carbocycles. The molecule has 81 heavy (non-hydrogen) atoms. The Balaban J connectivity index is 0.990. The average molecular weight is 1040 g/mol. The fraction of sp³-hybridized carbons (Fsp3) is 0.0769. The van der Waals surface area contributed by atoms with Crippen LogP contribution in [0.5, 0.6) is 0 Å². The number of allylic oxidation sites excluding steroid dienone is 1. The monoisotopic (exact) mass is 1040 g/mol. The van der Waals surface area contributed by atoms with Gasteiger partial charge in [0.15, 0.2) is 0 Å². The van der Waals surface area contributed by atoms with E-state index in [9.17, 15) is 0 Å². The first-order valence-corrected chi connectivity index (χ1v) is 28.4. The van der Waals surface area contributed by atoms with Crippen molar-refractivity contribution in [3.8, 4) is 50.2 Å². The molecule has 1 aromatic heterocycles. The van der Waals surface area contributed by atoms with E-state index in [1.54, 1.807) is 0 Å². The Morgan fingerprint density at radius 2 is 0.716 bits per heavy atom. The molecule has 388 valence electrons. The molecule has 0 bridgehead atoms. The summed E-state index contributed by atoms with van der Waals surface area (Å²) in [5.74, 6) is 0. The Bertz CT molecular complexity index is 4250. The number of benzene rings is 12. The van der Waals surface area contributed by atoms with E-state index in [1.165, 1.54) is 88.3 Å². The van der Waals surface area contributed by atoms with E-state index in [0.29, 0.717) is 0 Å². The fourth-order valence-corrected chi connectivity index (χ4v) is 12.6. The smallest absolute Gasteiger partial charge is 0.0542 e. The quantitative estimate of drug-likeness (QED) is 0.128. The number of nitrogens with zero attached hydrogens (tertiary/aromatic N) is 3. The Labute approximate surface area is 475 Å². The molecular weight excluding hydrogens is 979 g/mol. The molecule has 0 atom stereocenters. The maximum absolute atomic E-state index is 2.49. The summed E-state index contributed by atoms with van der Waals surface area (Å²) < 4.78 is 2.49. The molecule has 0 spiro atoms. The zero-order chi connectivity index (χ0) is 54.6. The summed E-state index contributed by atoms with van der Waals surface area (Å²) in [6.45, 7) is 8.93. The predicted molar refractivity (Wildman–Crippen MR) is 346 cm³/mol. The summed E-state index contributed by atoms with van der Waals surface area (Å²) in [6, 6.07) is 96.3. The van der Waals surface area contributed by atoms with Gasteiger partial charge in [-0.15, -0.1) is 0 Å². The standard InChI is InChI=1S/C78H61N3/c1-52-46-69(75(48-54(52)3)79(60-26-12-6-13-27-60)61-28-14-7-15-29-61)58-40-44-73-71(50-58)72-51-59(70-47-53(2)55(4)49-76(70)80(62-30-16-8-17-31-62)63-32-18-9-19-33-63)41-45-74(72)81(73)64-42-38-57(39-43-64)78-67-36-22-20-34-65(67)77(56-24-10-5-11-25-56)66-35-21-23-37-68(66)78/h5-22,24-36,38-51H,23,37H2,1-4H3. The predicted octanol–water partition coefficient (Wildman–Crippen LogP) is 21.7. The lowest BCUT2D eigenvalue weighted by molar-refractivity contribution is 0.991. The normalized spacial score (nSPS) is 12.0. The molecule has 0 unspecified atom stereocenters. The molecule has 14 rings (SSSR count). The van der Waals surface area contributed by atoms with Gasteiger partial charge in [0, 0.05) is 50.3 Å². The highest BCUT2D eigenvalue weighted by molar-refractivity contribution is 6.13. The van der Waals surface area contributed by atoms with E-state index in [1.807, 2.05) is 0 Å². The van der Waals surface area contributed by atoms with E-state index in [-0.39, 0.29) is 0 Å². The van der Waals surface area contributed by atoms with Crippen molar-refractivity contribution in [1.29, 1.82) is 0 Å². The molecule has 0 aliphatic heterocycles. The number of hydrogen-bond acceptors (Lipinski definition) is 2. The van der Waals surface area contributed by atoms with Crippen LogP contribution in [0.25, 0.3) is 88.8 Å². The summed E-state index contributed by atoms with van der Waals surface area (Å²) in [6.07, 6.45) is 6.74. The number of para-hydroxylation sites is 4. The van der Waals surface area contributed by atoms with Crippen molar-refractivity contribution in [2.24, 2.45) is 0 Å². The fourth-order valence-electron chi connectivity index (χ4n) is 12.6. The van der Waals surface area contributed by atoms with Crippen LogP contribution in [0.1, 0.15) is 39.8 Å². The number of rotatable bonds is 11. The van der Waals surface area contributed by atoms with Crippen molar-refractivity contribution >= 4 is 72.8 Å². The molecule has 0 amide bonds. The number of aryl methyl sites for hydroxylation is 4. The van der Waals surface area contributed by atoms with Crippen LogP contribution < -0.4 is 9.80 Å². The van der Waals surface area contributed by atoms with Gasteiger partial charge in [0.2, 0.25) is 0 Å². The van der Waals surface area contributed by atoms with Gasteiger partial charge in [0.05, 0.1) is 22.4 Å². The third-order valence-corrected chi connectivity index (χ3v) is 16.8. The van der Waals surface area contributed by atoms with Gasteiger partial charge in [-0.3, -0.25) is 0 Å². The Morgan fingerprint density at radius 3 is 1.17 bits per heavy atom. The van der Waals surface area contributed by atoms with Crippen LogP contribution in [-0.4, -0.2) is 4.57 Å². The van der Waals surface area contributed by atoms with Gasteiger partial charge in [-0.25, -0.2) is 0 Å². The van der Waals surface area contributed by atoms with E-state index < -0.39 is 0 Å². The maximum Gasteiger partial charge on any atom is 0.0542 e. The van der Waals surface area contributed by atoms with Crippen LogP contribution in [0.15, 0.2) is 267 Å². The lowest BCUT2D eigenvalue weighted by atomic mass is 9.80. The number of anilines is 6. The highest BCUT2D eigenvalue weighted by atomic mass is 15.2. The topological polar surface area (TPSA) is 11.4 Å². The molecule has 0 saturated carbocycles. The second-order valence-corrected chi connectivity index (χ2v) is 21.8. The van der Waals surface area contributed by atoms with Crippen LogP contribution in [0.3, 0.4) is 0 Å². The summed E-state index contributed by atoms with van der Waals surface area (Å²) in [5.41, 5.74) is 27.7. The van der Waals surface area contributed by atoms with Crippen LogP contribution >= 0.6 is 0 Å². The number of fused-ring (bicyclic) bond motifs is 5. The van der Waals surface area contributed by atoms with Gasteiger partial charge in [-0.2, -0.15) is 0 Å². The van der Waals surface area contributed by atoms with Gasteiger partial charge < -0.3 is 14.4 Å². The summed E-state index contributed by atoms with van der Waals surface area (Å²) in [4.78, 5) is 4.82. The van der Waals surface area contributed by atoms with Gasteiger partial charge >= 0.3 is 0 Å². The van der Waals surface area contributed by atoms with Crippen LogP contribution in [0, 0.1) is 27.7 Å². The van der Waals surface area contributed by atoms with Crippen molar-refractivity contribution in [3.63, 3.8) is 0 Å². The van der Waals surface area contributed by atoms with E-state index in [0.717, 1.165) is 74.8 Å². The zero-order valence-corrected chi connectivity index (χ0v) is 46.2. The third kappa shape index (κ3) is 8.79. The SMILES string of the molecule is Cc1cc(-c2ccc3c(c2)c2cc(-c4cc(C)c(C)cc4N(c4ccccc4)c4ccccc4)ccc2n3-c2ccc(-c3c4c(c(-c5ccccc5)c5ccccc35)C=CCC4)cc2)c(N(c2ccccc2)c2ccccc2)cc1C. The van der Waals surface area contributed by atoms with Crippen molar-refractivity contribution in [1.82, 2.24) is 4.57 Å². The molecule has 3 nitrogen and oxygen atoms in total. The number of aromatic nitrogens is 1. The minimum atomic E-state index is 0.998. The Hall–Kier alpha value is -9.96. The van der Waals surface area contributed by atoms with Crippen LogP contribution in [-0.2, 0) is 6.42 Å².